The van der Waals surface area contributed by atoms with E-state index in [2.05, 4.69) is 21.0 Å². The van der Waals surface area contributed by atoms with E-state index >= 15 is 0 Å². The Labute approximate surface area is 102 Å². The van der Waals surface area contributed by atoms with Crippen LogP contribution >= 0.6 is 15.9 Å². The molecule has 1 aromatic carbocycles. The number of rotatable bonds is 3. The van der Waals surface area contributed by atoms with Gasteiger partial charge in [0.2, 0.25) is 0 Å². The molecule has 4 nitrogen and oxygen atoms in total. The molecule has 2 rings (SSSR count). The van der Waals surface area contributed by atoms with Crippen LogP contribution in [0.25, 0.3) is 0 Å². The Morgan fingerprint density at radius 3 is 2.94 bits per heavy atom. The van der Waals surface area contributed by atoms with Crippen LogP contribution in [0.4, 0.5) is 0 Å². The molecule has 0 unspecified atom stereocenters. The molecule has 1 heterocycles. The zero-order chi connectivity index (χ0) is 11.5. The van der Waals surface area contributed by atoms with Gasteiger partial charge in [0.1, 0.15) is 5.75 Å². The van der Waals surface area contributed by atoms with E-state index in [9.17, 15) is 5.11 Å². The lowest BCUT2D eigenvalue weighted by Gasteiger charge is -2.07. The Bertz CT molecular complexity index is 496. The SMILES string of the molecule is COc1ccc(Br)c(Cn2cc(O)cn2)c1. The zero-order valence-corrected chi connectivity index (χ0v) is 10.3. The second-order valence-electron chi connectivity index (χ2n) is 3.35. The molecule has 0 saturated carbocycles. The lowest BCUT2D eigenvalue weighted by molar-refractivity contribution is 0.414. The molecule has 0 bridgehead atoms. The summed E-state index contributed by atoms with van der Waals surface area (Å²) in [5.41, 5.74) is 1.04. The van der Waals surface area contributed by atoms with Gasteiger partial charge in [-0.2, -0.15) is 5.10 Å². The smallest absolute Gasteiger partial charge is 0.153 e. The van der Waals surface area contributed by atoms with Crippen LogP contribution in [0.2, 0.25) is 0 Å². The lowest BCUT2D eigenvalue weighted by Crippen LogP contribution is -2.01. The van der Waals surface area contributed by atoms with Gasteiger partial charge in [-0.3, -0.25) is 4.68 Å². The normalized spacial score (nSPS) is 10.4. The fourth-order valence-electron chi connectivity index (χ4n) is 1.41. The second kappa shape index (κ2) is 4.57. The van der Waals surface area contributed by atoms with Gasteiger partial charge in [0, 0.05) is 4.47 Å². The van der Waals surface area contributed by atoms with Crippen LogP contribution < -0.4 is 4.74 Å². The largest absolute Gasteiger partial charge is 0.505 e. The number of aromatic hydroxyl groups is 1. The molecule has 0 spiro atoms. The van der Waals surface area contributed by atoms with Crippen molar-refractivity contribution >= 4 is 15.9 Å². The number of hydrogen-bond acceptors (Lipinski definition) is 3. The molecule has 0 aliphatic rings. The molecule has 84 valence electrons. The summed E-state index contributed by atoms with van der Waals surface area (Å²) in [6.45, 7) is 0.582. The number of benzene rings is 1. The fraction of sp³-hybridized carbons (Fsp3) is 0.182. The molecular formula is C11H11BrN2O2. The van der Waals surface area contributed by atoms with Gasteiger partial charge in [-0.25, -0.2) is 0 Å². The highest BCUT2D eigenvalue weighted by atomic mass is 79.9. The third-order valence-corrected chi connectivity index (χ3v) is 2.98. The van der Waals surface area contributed by atoms with Crippen LogP contribution in [0.1, 0.15) is 5.56 Å². The summed E-state index contributed by atoms with van der Waals surface area (Å²) in [6, 6.07) is 5.74. The topological polar surface area (TPSA) is 47.3 Å². The molecule has 0 radical (unpaired) electrons. The molecule has 2 aromatic rings. The highest BCUT2D eigenvalue weighted by Gasteiger charge is 2.04. The van der Waals surface area contributed by atoms with Crippen molar-refractivity contribution in [2.24, 2.45) is 0 Å². The summed E-state index contributed by atoms with van der Waals surface area (Å²) in [4.78, 5) is 0. The highest BCUT2D eigenvalue weighted by molar-refractivity contribution is 9.10. The molecule has 5 heteroatoms. The van der Waals surface area contributed by atoms with E-state index in [1.807, 2.05) is 18.2 Å². The Hall–Kier alpha value is -1.49. The predicted octanol–water partition coefficient (Wildman–Crippen LogP) is 2.41. The maximum Gasteiger partial charge on any atom is 0.153 e. The first-order valence-corrected chi connectivity index (χ1v) is 5.52. The monoisotopic (exact) mass is 282 g/mol. The zero-order valence-electron chi connectivity index (χ0n) is 8.72. The van der Waals surface area contributed by atoms with Gasteiger partial charge in [-0.15, -0.1) is 0 Å². The van der Waals surface area contributed by atoms with Crippen molar-refractivity contribution in [3.8, 4) is 11.5 Å². The van der Waals surface area contributed by atoms with Gasteiger partial charge in [0.05, 0.1) is 26.0 Å². The average molecular weight is 283 g/mol. The third kappa shape index (κ3) is 2.36. The highest BCUT2D eigenvalue weighted by Crippen LogP contribution is 2.23. The Kier molecular flexibility index (Phi) is 3.14. The van der Waals surface area contributed by atoms with Gasteiger partial charge in [-0.05, 0) is 23.8 Å². The van der Waals surface area contributed by atoms with E-state index in [0.29, 0.717) is 6.54 Å². The quantitative estimate of drug-likeness (QED) is 0.941. The van der Waals surface area contributed by atoms with Crippen molar-refractivity contribution in [1.29, 1.82) is 0 Å². The van der Waals surface area contributed by atoms with Crippen molar-refractivity contribution in [2.75, 3.05) is 7.11 Å². The molecular weight excluding hydrogens is 272 g/mol. The first kappa shape index (κ1) is 11.0. The maximum atomic E-state index is 9.18. The van der Waals surface area contributed by atoms with Crippen molar-refractivity contribution in [3.63, 3.8) is 0 Å². The first-order valence-electron chi connectivity index (χ1n) is 4.73. The van der Waals surface area contributed by atoms with Gasteiger partial charge in [-0.1, -0.05) is 15.9 Å². The molecule has 0 saturated heterocycles. The minimum atomic E-state index is 0.166. The number of aromatic nitrogens is 2. The van der Waals surface area contributed by atoms with E-state index < -0.39 is 0 Å². The van der Waals surface area contributed by atoms with Crippen LogP contribution in [-0.4, -0.2) is 22.0 Å². The van der Waals surface area contributed by atoms with Crippen LogP contribution in [0.5, 0.6) is 11.5 Å². The fourth-order valence-corrected chi connectivity index (χ4v) is 1.78. The number of ether oxygens (including phenoxy) is 1. The minimum Gasteiger partial charge on any atom is -0.505 e. The second-order valence-corrected chi connectivity index (χ2v) is 4.21. The standard InChI is InChI=1S/C11H11BrN2O2/c1-16-10-2-3-11(12)8(4-10)6-14-7-9(15)5-13-14/h2-5,7,15H,6H2,1H3. The van der Waals surface area contributed by atoms with E-state index in [1.165, 1.54) is 6.20 Å². The average Bonchev–Trinajstić information content (AvgIpc) is 2.67. The van der Waals surface area contributed by atoms with E-state index in [-0.39, 0.29) is 5.75 Å². The molecule has 1 N–H and O–H groups in total. The minimum absolute atomic E-state index is 0.166. The number of nitrogens with zero attached hydrogens (tertiary/aromatic N) is 2. The number of hydrogen-bond donors (Lipinski definition) is 1. The summed E-state index contributed by atoms with van der Waals surface area (Å²) in [5, 5.41) is 13.2. The van der Waals surface area contributed by atoms with Crippen LogP contribution in [0, 0.1) is 0 Å². The van der Waals surface area contributed by atoms with Crippen LogP contribution in [0.3, 0.4) is 0 Å². The lowest BCUT2D eigenvalue weighted by atomic mass is 10.2. The predicted molar refractivity (Wildman–Crippen MR) is 63.7 cm³/mol. The summed E-state index contributed by atoms with van der Waals surface area (Å²) < 4.78 is 7.80. The third-order valence-electron chi connectivity index (χ3n) is 2.20. The van der Waals surface area contributed by atoms with Gasteiger partial charge in [0.25, 0.3) is 0 Å². The maximum absolute atomic E-state index is 9.18. The molecule has 0 aliphatic carbocycles. The van der Waals surface area contributed by atoms with E-state index in [1.54, 1.807) is 18.0 Å². The van der Waals surface area contributed by atoms with Gasteiger partial charge in [0.15, 0.2) is 5.75 Å². The van der Waals surface area contributed by atoms with E-state index in [4.69, 9.17) is 4.74 Å². The van der Waals surface area contributed by atoms with Crippen molar-refractivity contribution in [3.05, 3.63) is 40.6 Å². The molecule has 1 aromatic heterocycles. The van der Waals surface area contributed by atoms with Crippen LogP contribution in [-0.2, 0) is 6.54 Å². The summed E-state index contributed by atoms with van der Waals surface area (Å²) in [7, 11) is 1.63. The molecule has 0 aliphatic heterocycles. The molecule has 0 fully saturated rings. The summed E-state index contributed by atoms with van der Waals surface area (Å²) in [6.07, 6.45) is 2.99. The molecule has 16 heavy (non-hydrogen) atoms. The van der Waals surface area contributed by atoms with Crippen molar-refractivity contribution < 1.29 is 9.84 Å². The Morgan fingerprint density at radius 2 is 2.31 bits per heavy atom. The van der Waals surface area contributed by atoms with Crippen molar-refractivity contribution in [1.82, 2.24) is 9.78 Å². The number of methoxy groups -OCH3 is 1. The van der Waals surface area contributed by atoms with E-state index in [0.717, 1.165) is 15.8 Å². The molecule has 0 amide bonds. The van der Waals surface area contributed by atoms with Crippen molar-refractivity contribution in [2.45, 2.75) is 6.54 Å². The Morgan fingerprint density at radius 1 is 1.50 bits per heavy atom. The van der Waals surface area contributed by atoms with Crippen LogP contribution in [0.15, 0.2) is 35.1 Å². The first-order chi connectivity index (χ1) is 7.69. The molecule has 0 atom stereocenters. The van der Waals surface area contributed by atoms with Gasteiger partial charge < -0.3 is 9.84 Å². The summed E-state index contributed by atoms with van der Waals surface area (Å²) in [5.74, 6) is 0.966. The number of halogens is 1. The van der Waals surface area contributed by atoms with Gasteiger partial charge >= 0.3 is 0 Å². The summed E-state index contributed by atoms with van der Waals surface area (Å²) >= 11 is 3.46. The Balaban J connectivity index is 2.26.